The zero-order valence-corrected chi connectivity index (χ0v) is 13.4. The maximum Gasteiger partial charge on any atom is 0.229 e. The molecule has 0 aliphatic carbocycles. The van der Waals surface area contributed by atoms with Crippen LogP contribution in [0.4, 0.5) is 5.82 Å². The number of anilines is 1. The van der Waals surface area contributed by atoms with E-state index in [0.29, 0.717) is 23.5 Å². The summed E-state index contributed by atoms with van der Waals surface area (Å²) >= 11 is 3.38. The van der Waals surface area contributed by atoms with Gasteiger partial charge in [-0.3, -0.25) is 9.48 Å². The lowest BCUT2D eigenvalue weighted by Gasteiger charge is -2.06. The highest BCUT2D eigenvalue weighted by Gasteiger charge is 2.17. The van der Waals surface area contributed by atoms with Crippen molar-refractivity contribution in [2.24, 2.45) is 7.05 Å². The van der Waals surface area contributed by atoms with Gasteiger partial charge in [0, 0.05) is 11.5 Å². The summed E-state index contributed by atoms with van der Waals surface area (Å²) in [7, 11) is 1.72. The Balaban J connectivity index is 2.17. The average Bonchev–Trinajstić information content (AvgIpc) is 2.74. The Kier molecular flexibility index (Phi) is 4.76. The number of nitriles is 1. The lowest BCUT2D eigenvalue weighted by atomic mass is 10.1. The third kappa shape index (κ3) is 3.50. The fourth-order valence-electron chi connectivity index (χ4n) is 2.10. The highest BCUT2D eigenvalue weighted by Crippen LogP contribution is 2.19. The molecule has 0 aliphatic heterocycles. The molecule has 1 heterocycles. The molecule has 0 atom stereocenters. The first-order chi connectivity index (χ1) is 10.0. The number of carbonyl (C=O) groups is 1. The summed E-state index contributed by atoms with van der Waals surface area (Å²) in [5, 5.41) is 16.2. The molecule has 1 aromatic carbocycles. The lowest BCUT2D eigenvalue weighted by molar-refractivity contribution is -0.115. The van der Waals surface area contributed by atoms with Gasteiger partial charge >= 0.3 is 0 Å². The molecule has 1 N–H and O–H groups in total. The summed E-state index contributed by atoms with van der Waals surface area (Å²) in [4.78, 5) is 12.1. The summed E-state index contributed by atoms with van der Waals surface area (Å²) in [6, 6.07) is 9.68. The highest BCUT2D eigenvalue weighted by molar-refractivity contribution is 9.10. The van der Waals surface area contributed by atoms with Crippen molar-refractivity contribution in [3.05, 3.63) is 45.6 Å². The number of hydrogen-bond acceptors (Lipinski definition) is 3. The smallest absolute Gasteiger partial charge is 0.229 e. The van der Waals surface area contributed by atoms with Crippen LogP contribution in [0.3, 0.4) is 0 Å². The molecule has 1 amide bonds. The maximum atomic E-state index is 12.1. The van der Waals surface area contributed by atoms with Gasteiger partial charge < -0.3 is 5.32 Å². The molecule has 2 aromatic rings. The normalized spacial score (nSPS) is 10.2. The first kappa shape index (κ1) is 15.3. The van der Waals surface area contributed by atoms with Gasteiger partial charge in [0.05, 0.1) is 12.1 Å². The molecule has 0 bridgehead atoms. The van der Waals surface area contributed by atoms with Crippen molar-refractivity contribution in [2.45, 2.75) is 19.8 Å². The molecule has 0 saturated heterocycles. The number of rotatable bonds is 4. The van der Waals surface area contributed by atoms with E-state index < -0.39 is 0 Å². The number of aromatic nitrogens is 2. The Hall–Kier alpha value is -2.13. The quantitative estimate of drug-likeness (QED) is 0.925. The van der Waals surface area contributed by atoms with Crippen molar-refractivity contribution in [1.82, 2.24) is 9.78 Å². The number of amides is 1. The van der Waals surface area contributed by atoms with Crippen LogP contribution in [0.25, 0.3) is 0 Å². The molecule has 1 aromatic heterocycles. The standard InChI is InChI=1S/C15H15BrN4O/c1-3-13-12(9-17)15(20(2)19-13)18-14(21)8-10-5-4-6-11(16)7-10/h4-7H,3,8H2,1-2H3,(H,18,21). The van der Waals surface area contributed by atoms with Crippen LogP contribution in [0.1, 0.15) is 23.7 Å². The van der Waals surface area contributed by atoms with Gasteiger partial charge in [-0.2, -0.15) is 10.4 Å². The van der Waals surface area contributed by atoms with Gasteiger partial charge in [-0.05, 0) is 24.1 Å². The van der Waals surface area contributed by atoms with Crippen molar-refractivity contribution in [3.8, 4) is 6.07 Å². The Morgan fingerprint density at radius 1 is 1.52 bits per heavy atom. The topological polar surface area (TPSA) is 70.7 Å². The lowest BCUT2D eigenvalue weighted by Crippen LogP contribution is -2.17. The van der Waals surface area contributed by atoms with Gasteiger partial charge in [-0.15, -0.1) is 0 Å². The number of aryl methyl sites for hydroxylation is 2. The fraction of sp³-hybridized carbons (Fsp3) is 0.267. The van der Waals surface area contributed by atoms with Crippen LogP contribution in [0.15, 0.2) is 28.7 Å². The maximum absolute atomic E-state index is 12.1. The number of halogens is 1. The predicted octanol–water partition coefficient (Wildman–Crippen LogP) is 2.80. The van der Waals surface area contributed by atoms with E-state index in [4.69, 9.17) is 0 Å². The fourth-order valence-corrected chi connectivity index (χ4v) is 2.54. The molecule has 6 heteroatoms. The zero-order valence-electron chi connectivity index (χ0n) is 11.9. The molecule has 0 unspecified atom stereocenters. The Labute approximate surface area is 131 Å². The van der Waals surface area contributed by atoms with Crippen LogP contribution in [0, 0.1) is 11.3 Å². The average molecular weight is 347 g/mol. The Morgan fingerprint density at radius 2 is 2.29 bits per heavy atom. The van der Waals surface area contributed by atoms with E-state index in [1.54, 1.807) is 7.05 Å². The van der Waals surface area contributed by atoms with Gasteiger partial charge in [-0.25, -0.2) is 0 Å². The minimum Gasteiger partial charge on any atom is -0.310 e. The molecule has 0 spiro atoms. The van der Waals surface area contributed by atoms with Crippen molar-refractivity contribution >= 4 is 27.7 Å². The van der Waals surface area contributed by atoms with Crippen molar-refractivity contribution < 1.29 is 4.79 Å². The Bertz CT molecular complexity index is 715. The molecule has 0 aliphatic rings. The van der Waals surface area contributed by atoms with Crippen LogP contribution < -0.4 is 5.32 Å². The van der Waals surface area contributed by atoms with Crippen LogP contribution in [0.2, 0.25) is 0 Å². The summed E-state index contributed by atoms with van der Waals surface area (Å²) in [5.41, 5.74) is 2.03. The van der Waals surface area contributed by atoms with Gasteiger partial charge in [0.15, 0.2) is 0 Å². The first-order valence-electron chi connectivity index (χ1n) is 6.55. The molecule has 0 fully saturated rings. The monoisotopic (exact) mass is 346 g/mol. The van der Waals surface area contributed by atoms with Gasteiger partial charge in [0.2, 0.25) is 5.91 Å². The third-order valence-corrected chi connectivity index (χ3v) is 3.57. The number of nitrogens with zero attached hydrogens (tertiary/aromatic N) is 3. The second-order valence-electron chi connectivity index (χ2n) is 4.61. The third-order valence-electron chi connectivity index (χ3n) is 3.08. The van der Waals surface area contributed by atoms with Crippen LogP contribution in [0.5, 0.6) is 0 Å². The molecule has 5 nitrogen and oxygen atoms in total. The van der Waals surface area contributed by atoms with E-state index in [1.165, 1.54) is 4.68 Å². The molecule has 21 heavy (non-hydrogen) atoms. The van der Waals surface area contributed by atoms with Crippen molar-refractivity contribution in [3.63, 3.8) is 0 Å². The SMILES string of the molecule is CCc1nn(C)c(NC(=O)Cc2cccc(Br)c2)c1C#N. The minimum absolute atomic E-state index is 0.171. The zero-order chi connectivity index (χ0) is 15.4. The number of benzene rings is 1. The number of carbonyl (C=O) groups excluding carboxylic acids is 1. The van der Waals surface area contributed by atoms with Crippen LogP contribution in [-0.4, -0.2) is 15.7 Å². The molecule has 0 radical (unpaired) electrons. The summed E-state index contributed by atoms with van der Waals surface area (Å²) < 4.78 is 2.47. The van der Waals surface area contributed by atoms with Gasteiger partial charge in [-0.1, -0.05) is 35.0 Å². The number of hydrogen-bond donors (Lipinski definition) is 1. The highest BCUT2D eigenvalue weighted by atomic mass is 79.9. The summed E-state index contributed by atoms with van der Waals surface area (Å²) in [6.07, 6.45) is 0.898. The van der Waals surface area contributed by atoms with E-state index in [9.17, 15) is 10.1 Å². The Morgan fingerprint density at radius 3 is 2.90 bits per heavy atom. The van der Waals surface area contributed by atoms with Crippen LogP contribution in [-0.2, 0) is 24.7 Å². The molecule has 2 rings (SSSR count). The van der Waals surface area contributed by atoms with Gasteiger partial charge in [0.25, 0.3) is 0 Å². The van der Waals surface area contributed by atoms with E-state index >= 15 is 0 Å². The molecule has 108 valence electrons. The molecule has 0 saturated carbocycles. The first-order valence-corrected chi connectivity index (χ1v) is 7.34. The second kappa shape index (κ2) is 6.55. The number of nitrogens with one attached hydrogen (secondary N) is 1. The summed E-state index contributed by atoms with van der Waals surface area (Å²) in [5.74, 6) is 0.282. The predicted molar refractivity (Wildman–Crippen MR) is 83.8 cm³/mol. The van der Waals surface area contributed by atoms with E-state index in [1.807, 2.05) is 31.2 Å². The minimum atomic E-state index is -0.171. The largest absolute Gasteiger partial charge is 0.310 e. The van der Waals surface area contributed by atoms with Crippen molar-refractivity contribution in [1.29, 1.82) is 5.26 Å². The van der Waals surface area contributed by atoms with E-state index in [0.717, 1.165) is 10.0 Å². The van der Waals surface area contributed by atoms with Crippen molar-refractivity contribution in [2.75, 3.05) is 5.32 Å². The van der Waals surface area contributed by atoms with E-state index in [2.05, 4.69) is 32.4 Å². The summed E-state index contributed by atoms with van der Waals surface area (Å²) in [6.45, 7) is 1.93. The van der Waals surface area contributed by atoms with Crippen LogP contribution >= 0.6 is 15.9 Å². The molecular weight excluding hydrogens is 332 g/mol. The molecular formula is C15H15BrN4O. The van der Waals surface area contributed by atoms with Gasteiger partial charge in [0.1, 0.15) is 17.5 Å². The van der Waals surface area contributed by atoms with E-state index in [-0.39, 0.29) is 12.3 Å². The second-order valence-corrected chi connectivity index (χ2v) is 5.53.